The highest BCUT2D eigenvalue weighted by atomic mass is 16.6. The summed E-state index contributed by atoms with van der Waals surface area (Å²) in [7, 11) is 1.62. The molecule has 6 heteroatoms. The molecular formula is C15H17N3O3. The van der Waals surface area contributed by atoms with E-state index in [0.29, 0.717) is 18.8 Å². The van der Waals surface area contributed by atoms with E-state index >= 15 is 0 Å². The van der Waals surface area contributed by atoms with Gasteiger partial charge in [0.05, 0.1) is 17.7 Å². The molecule has 110 valence electrons. The first kappa shape index (κ1) is 14.6. The Kier molecular flexibility index (Phi) is 4.98. The fourth-order valence-corrected chi connectivity index (χ4v) is 1.97. The summed E-state index contributed by atoms with van der Waals surface area (Å²) in [5.41, 5.74) is 1.49. The number of anilines is 2. The van der Waals surface area contributed by atoms with E-state index in [1.54, 1.807) is 25.3 Å². The summed E-state index contributed by atoms with van der Waals surface area (Å²) < 4.78 is 5.24. The molecule has 2 rings (SSSR count). The second-order valence-corrected chi connectivity index (χ2v) is 4.33. The first-order valence-corrected chi connectivity index (χ1v) is 6.56. The van der Waals surface area contributed by atoms with Crippen LogP contribution in [0.2, 0.25) is 0 Å². The van der Waals surface area contributed by atoms with E-state index in [-0.39, 0.29) is 5.69 Å². The quantitative estimate of drug-likeness (QED) is 0.465. The Balaban J connectivity index is 1.89. The number of para-hydroxylation sites is 4. The Bertz CT molecular complexity index is 617. The van der Waals surface area contributed by atoms with Gasteiger partial charge in [-0.15, -0.1) is 0 Å². The third kappa shape index (κ3) is 3.85. The van der Waals surface area contributed by atoms with Gasteiger partial charge in [-0.25, -0.2) is 0 Å². The molecule has 2 N–H and O–H groups in total. The number of hydrogen-bond donors (Lipinski definition) is 2. The molecule has 21 heavy (non-hydrogen) atoms. The van der Waals surface area contributed by atoms with Crippen molar-refractivity contribution in [2.75, 3.05) is 30.8 Å². The molecule has 2 aromatic carbocycles. The SMILES string of the molecule is COc1ccccc1NCCNc1ccccc1[N+](=O)[O-]. The molecule has 0 aliphatic heterocycles. The Morgan fingerprint density at radius 3 is 2.24 bits per heavy atom. The Labute approximate surface area is 122 Å². The molecule has 0 bridgehead atoms. The molecule has 0 saturated carbocycles. The Morgan fingerprint density at radius 2 is 1.57 bits per heavy atom. The molecule has 0 radical (unpaired) electrons. The second-order valence-electron chi connectivity index (χ2n) is 4.33. The number of hydrogen-bond acceptors (Lipinski definition) is 5. The summed E-state index contributed by atoms with van der Waals surface area (Å²) >= 11 is 0. The molecule has 0 aromatic heterocycles. The summed E-state index contributed by atoms with van der Waals surface area (Å²) in [5.74, 6) is 0.767. The molecule has 0 heterocycles. The zero-order valence-corrected chi connectivity index (χ0v) is 11.7. The number of nitro benzene ring substituents is 1. The summed E-state index contributed by atoms with van der Waals surface area (Å²) in [6.07, 6.45) is 0. The number of rotatable bonds is 7. The van der Waals surface area contributed by atoms with Gasteiger partial charge in [0.2, 0.25) is 0 Å². The topological polar surface area (TPSA) is 76.4 Å². The Hall–Kier alpha value is -2.76. The van der Waals surface area contributed by atoms with E-state index in [1.807, 2.05) is 24.3 Å². The van der Waals surface area contributed by atoms with Gasteiger partial charge in [0.25, 0.3) is 5.69 Å². The second kappa shape index (κ2) is 7.14. The summed E-state index contributed by atoms with van der Waals surface area (Å²) in [4.78, 5) is 10.5. The number of nitrogens with one attached hydrogen (secondary N) is 2. The minimum atomic E-state index is -0.393. The van der Waals surface area contributed by atoms with Crippen LogP contribution < -0.4 is 15.4 Å². The number of methoxy groups -OCH3 is 1. The third-order valence-corrected chi connectivity index (χ3v) is 2.96. The van der Waals surface area contributed by atoms with Crippen molar-refractivity contribution >= 4 is 17.1 Å². The van der Waals surface area contributed by atoms with Crippen molar-refractivity contribution in [3.63, 3.8) is 0 Å². The maximum Gasteiger partial charge on any atom is 0.292 e. The van der Waals surface area contributed by atoms with Crippen molar-refractivity contribution in [2.24, 2.45) is 0 Å². The largest absolute Gasteiger partial charge is 0.495 e. The van der Waals surface area contributed by atoms with E-state index in [9.17, 15) is 10.1 Å². The zero-order chi connectivity index (χ0) is 15.1. The van der Waals surface area contributed by atoms with Crippen LogP contribution in [0.4, 0.5) is 17.1 Å². The standard InChI is InChI=1S/C15H17N3O3/c1-21-15-9-5-3-7-13(15)17-11-10-16-12-6-2-4-8-14(12)18(19)20/h2-9,16-17H,10-11H2,1H3. The minimum Gasteiger partial charge on any atom is -0.495 e. The number of nitrogens with zero attached hydrogens (tertiary/aromatic N) is 1. The van der Waals surface area contributed by atoms with Crippen molar-refractivity contribution in [3.8, 4) is 5.75 Å². The molecule has 0 unspecified atom stereocenters. The first-order chi connectivity index (χ1) is 10.2. The van der Waals surface area contributed by atoms with E-state index in [0.717, 1.165) is 11.4 Å². The van der Waals surface area contributed by atoms with Crippen LogP contribution in [0, 0.1) is 10.1 Å². The lowest BCUT2D eigenvalue weighted by atomic mass is 10.2. The molecule has 0 saturated heterocycles. The fraction of sp³-hybridized carbons (Fsp3) is 0.200. The van der Waals surface area contributed by atoms with Crippen LogP contribution in [0.3, 0.4) is 0 Å². The van der Waals surface area contributed by atoms with E-state index in [2.05, 4.69) is 10.6 Å². The molecule has 0 atom stereocenters. The van der Waals surface area contributed by atoms with Crippen LogP contribution in [-0.2, 0) is 0 Å². The van der Waals surface area contributed by atoms with Gasteiger partial charge in [0.1, 0.15) is 11.4 Å². The minimum absolute atomic E-state index is 0.0785. The zero-order valence-electron chi connectivity index (χ0n) is 11.7. The lowest BCUT2D eigenvalue weighted by Gasteiger charge is -2.11. The highest BCUT2D eigenvalue weighted by molar-refractivity contribution is 5.61. The third-order valence-electron chi connectivity index (χ3n) is 2.96. The van der Waals surface area contributed by atoms with Crippen molar-refractivity contribution in [1.82, 2.24) is 0 Å². The number of benzene rings is 2. The maximum absolute atomic E-state index is 10.9. The van der Waals surface area contributed by atoms with Gasteiger partial charge >= 0.3 is 0 Å². The van der Waals surface area contributed by atoms with Crippen LogP contribution in [0.15, 0.2) is 48.5 Å². The average Bonchev–Trinajstić information content (AvgIpc) is 2.52. The van der Waals surface area contributed by atoms with Gasteiger partial charge in [-0.1, -0.05) is 24.3 Å². The lowest BCUT2D eigenvalue weighted by Crippen LogP contribution is -2.14. The van der Waals surface area contributed by atoms with Crippen LogP contribution in [-0.4, -0.2) is 25.1 Å². The van der Waals surface area contributed by atoms with Gasteiger partial charge < -0.3 is 15.4 Å². The van der Waals surface area contributed by atoms with Crippen molar-refractivity contribution in [2.45, 2.75) is 0 Å². The predicted octanol–water partition coefficient (Wildman–Crippen LogP) is 3.13. The fourth-order valence-electron chi connectivity index (χ4n) is 1.97. The van der Waals surface area contributed by atoms with Crippen molar-refractivity contribution in [1.29, 1.82) is 0 Å². The monoisotopic (exact) mass is 287 g/mol. The van der Waals surface area contributed by atoms with Gasteiger partial charge in [-0.3, -0.25) is 10.1 Å². The Morgan fingerprint density at radius 1 is 1.00 bits per heavy atom. The molecule has 6 nitrogen and oxygen atoms in total. The first-order valence-electron chi connectivity index (χ1n) is 6.56. The molecule has 2 aromatic rings. The van der Waals surface area contributed by atoms with Crippen LogP contribution in [0.1, 0.15) is 0 Å². The molecule has 0 aliphatic rings. The molecular weight excluding hydrogens is 270 g/mol. The van der Waals surface area contributed by atoms with Crippen molar-refractivity contribution in [3.05, 3.63) is 58.6 Å². The molecule has 0 fully saturated rings. The molecule has 0 spiro atoms. The highest BCUT2D eigenvalue weighted by Gasteiger charge is 2.11. The summed E-state index contributed by atoms with van der Waals surface area (Å²) in [6.45, 7) is 1.18. The summed E-state index contributed by atoms with van der Waals surface area (Å²) in [6, 6.07) is 14.2. The lowest BCUT2D eigenvalue weighted by molar-refractivity contribution is -0.384. The molecule has 0 aliphatic carbocycles. The van der Waals surface area contributed by atoms with E-state index in [1.165, 1.54) is 6.07 Å². The normalized spacial score (nSPS) is 9.95. The average molecular weight is 287 g/mol. The van der Waals surface area contributed by atoms with E-state index < -0.39 is 4.92 Å². The number of nitro groups is 1. The van der Waals surface area contributed by atoms with Crippen LogP contribution >= 0.6 is 0 Å². The van der Waals surface area contributed by atoms with Gasteiger partial charge in [0.15, 0.2) is 0 Å². The van der Waals surface area contributed by atoms with Gasteiger partial charge in [0, 0.05) is 19.2 Å². The van der Waals surface area contributed by atoms with Crippen LogP contribution in [0.25, 0.3) is 0 Å². The smallest absolute Gasteiger partial charge is 0.292 e. The number of ether oxygens (including phenoxy) is 1. The summed E-state index contributed by atoms with van der Waals surface area (Å²) in [5, 5.41) is 17.2. The predicted molar refractivity (Wildman–Crippen MR) is 83.1 cm³/mol. The van der Waals surface area contributed by atoms with Gasteiger partial charge in [-0.05, 0) is 18.2 Å². The van der Waals surface area contributed by atoms with Crippen LogP contribution in [0.5, 0.6) is 5.75 Å². The highest BCUT2D eigenvalue weighted by Crippen LogP contribution is 2.24. The van der Waals surface area contributed by atoms with Gasteiger partial charge in [-0.2, -0.15) is 0 Å². The van der Waals surface area contributed by atoms with E-state index in [4.69, 9.17) is 4.74 Å². The maximum atomic E-state index is 10.9. The van der Waals surface area contributed by atoms with Crippen molar-refractivity contribution < 1.29 is 9.66 Å². The molecule has 0 amide bonds.